The first-order chi connectivity index (χ1) is 5.77. The molecule has 0 saturated heterocycles. The molecule has 1 nitrogen and oxygen atoms in total. The molecule has 0 aliphatic carbocycles. The van der Waals surface area contributed by atoms with Crippen molar-refractivity contribution in [3.05, 3.63) is 28.5 Å². The highest BCUT2D eigenvalue weighted by Crippen LogP contribution is 2.21. The van der Waals surface area contributed by atoms with E-state index in [0.717, 1.165) is 4.60 Å². The maximum atomic E-state index is 4.43. The minimum Gasteiger partial charge on any atom is -0.246 e. The van der Waals surface area contributed by atoms with Crippen molar-refractivity contribution < 1.29 is 0 Å². The summed E-state index contributed by atoms with van der Waals surface area (Å²) in [6, 6.07) is 6.11. The van der Waals surface area contributed by atoms with Gasteiger partial charge < -0.3 is 0 Å². The monoisotopic (exact) mass is 227 g/mol. The second kappa shape index (κ2) is 4.61. The standard InChI is InChI=1S/C10H14BrN/c1-3-8(4-2)9-6-5-7-10(11)12-9/h5-8H,3-4H2,1-2H3. The van der Waals surface area contributed by atoms with Gasteiger partial charge in [-0.1, -0.05) is 19.9 Å². The first-order valence-electron chi connectivity index (χ1n) is 4.40. The molecule has 0 radical (unpaired) electrons. The SMILES string of the molecule is CCC(CC)c1cccc(Br)n1. The molecule has 2 heteroatoms. The normalized spacial score (nSPS) is 10.7. The number of hydrogen-bond acceptors (Lipinski definition) is 1. The number of hydrogen-bond donors (Lipinski definition) is 0. The van der Waals surface area contributed by atoms with Crippen LogP contribution in [0.4, 0.5) is 0 Å². The Bertz CT molecular complexity index is 243. The van der Waals surface area contributed by atoms with Crippen LogP contribution in [0.2, 0.25) is 0 Å². The van der Waals surface area contributed by atoms with Crippen molar-refractivity contribution in [2.75, 3.05) is 0 Å². The topological polar surface area (TPSA) is 12.9 Å². The third-order valence-corrected chi connectivity index (χ3v) is 2.58. The summed E-state index contributed by atoms with van der Waals surface area (Å²) < 4.78 is 0.937. The molecule has 0 N–H and O–H groups in total. The highest BCUT2D eigenvalue weighted by atomic mass is 79.9. The third kappa shape index (κ3) is 2.31. The van der Waals surface area contributed by atoms with Crippen LogP contribution in [0.25, 0.3) is 0 Å². The number of rotatable bonds is 3. The summed E-state index contributed by atoms with van der Waals surface area (Å²) in [4.78, 5) is 4.43. The molecule has 66 valence electrons. The summed E-state index contributed by atoms with van der Waals surface area (Å²) in [6.45, 7) is 4.41. The van der Waals surface area contributed by atoms with Crippen molar-refractivity contribution >= 4 is 15.9 Å². The second-order valence-electron chi connectivity index (χ2n) is 2.90. The van der Waals surface area contributed by atoms with Crippen molar-refractivity contribution in [1.82, 2.24) is 4.98 Å². The minimum absolute atomic E-state index is 0.613. The fourth-order valence-corrected chi connectivity index (χ4v) is 1.72. The molecule has 0 saturated carbocycles. The molecule has 0 fully saturated rings. The maximum absolute atomic E-state index is 4.43. The molecule has 0 bridgehead atoms. The lowest BCUT2D eigenvalue weighted by Crippen LogP contribution is -1.98. The lowest BCUT2D eigenvalue weighted by Gasteiger charge is -2.10. The van der Waals surface area contributed by atoms with Gasteiger partial charge in [-0.2, -0.15) is 0 Å². The number of nitrogens with zero attached hydrogens (tertiary/aromatic N) is 1. The molecule has 12 heavy (non-hydrogen) atoms. The molecule has 1 aromatic rings. The lowest BCUT2D eigenvalue weighted by atomic mass is 9.99. The van der Waals surface area contributed by atoms with Crippen molar-refractivity contribution in [3.8, 4) is 0 Å². The van der Waals surface area contributed by atoms with Crippen molar-refractivity contribution in [2.45, 2.75) is 32.6 Å². The predicted molar refractivity (Wildman–Crippen MR) is 55.3 cm³/mol. The molecule has 0 atom stereocenters. The molecule has 0 aliphatic rings. The van der Waals surface area contributed by atoms with Crippen LogP contribution >= 0.6 is 15.9 Å². The molecule has 0 aromatic carbocycles. The minimum atomic E-state index is 0.613. The smallest absolute Gasteiger partial charge is 0.106 e. The first-order valence-corrected chi connectivity index (χ1v) is 5.19. The van der Waals surface area contributed by atoms with Gasteiger partial charge in [0, 0.05) is 11.6 Å². The van der Waals surface area contributed by atoms with Crippen LogP contribution in [0.5, 0.6) is 0 Å². The van der Waals surface area contributed by atoms with Crippen LogP contribution < -0.4 is 0 Å². The predicted octanol–water partition coefficient (Wildman–Crippen LogP) is 3.75. The average Bonchev–Trinajstić information content (AvgIpc) is 2.07. The summed E-state index contributed by atoms with van der Waals surface area (Å²) in [5.74, 6) is 0.613. The molecule has 1 aromatic heterocycles. The van der Waals surface area contributed by atoms with Gasteiger partial charge in [0.2, 0.25) is 0 Å². The summed E-state index contributed by atoms with van der Waals surface area (Å²) >= 11 is 3.38. The number of pyridine rings is 1. The Balaban J connectivity index is 2.85. The molecule has 0 unspecified atom stereocenters. The molecule has 1 rings (SSSR count). The lowest BCUT2D eigenvalue weighted by molar-refractivity contribution is 0.622. The van der Waals surface area contributed by atoms with E-state index < -0.39 is 0 Å². The summed E-state index contributed by atoms with van der Waals surface area (Å²) in [5.41, 5.74) is 1.20. The van der Waals surface area contributed by atoms with Gasteiger partial charge in [-0.15, -0.1) is 0 Å². The highest BCUT2D eigenvalue weighted by Gasteiger charge is 2.07. The Labute approximate surface area is 82.3 Å². The van der Waals surface area contributed by atoms with Gasteiger partial charge in [0.05, 0.1) is 0 Å². The van der Waals surface area contributed by atoms with E-state index in [0.29, 0.717) is 5.92 Å². The van der Waals surface area contributed by atoms with E-state index >= 15 is 0 Å². The van der Waals surface area contributed by atoms with E-state index in [1.807, 2.05) is 12.1 Å². The summed E-state index contributed by atoms with van der Waals surface area (Å²) in [5, 5.41) is 0. The third-order valence-electron chi connectivity index (χ3n) is 2.14. The van der Waals surface area contributed by atoms with E-state index in [9.17, 15) is 0 Å². The van der Waals surface area contributed by atoms with E-state index in [1.54, 1.807) is 0 Å². The average molecular weight is 228 g/mol. The number of aromatic nitrogens is 1. The Hall–Kier alpha value is -0.370. The molecular formula is C10H14BrN. The quantitative estimate of drug-likeness (QED) is 0.718. The van der Waals surface area contributed by atoms with Crippen LogP contribution in [0.15, 0.2) is 22.8 Å². The summed E-state index contributed by atoms with van der Waals surface area (Å²) in [7, 11) is 0. The van der Waals surface area contributed by atoms with Crippen LogP contribution in [0, 0.1) is 0 Å². The summed E-state index contributed by atoms with van der Waals surface area (Å²) in [6.07, 6.45) is 2.33. The van der Waals surface area contributed by atoms with Crippen LogP contribution in [0.3, 0.4) is 0 Å². The van der Waals surface area contributed by atoms with Crippen LogP contribution in [-0.4, -0.2) is 4.98 Å². The zero-order valence-corrected chi connectivity index (χ0v) is 9.13. The van der Waals surface area contributed by atoms with Crippen LogP contribution in [0.1, 0.15) is 38.3 Å². The zero-order valence-electron chi connectivity index (χ0n) is 7.55. The van der Waals surface area contributed by atoms with Gasteiger partial charge in [0.25, 0.3) is 0 Å². The maximum Gasteiger partial charge on any atom is 0.106 e. The van der Waals surface area contributed by atoms with E-state index in [4.69, 9.17) is 0 Å². The molecule has 1 heterocycles. The van der Waals surface area contributed by atoms with Gasteiger partial charge in [-0.3, -0.25) is 0 Å². The van der Waals surface area contributed by atoms with E-state index in [1.165, 1.54) is 18.5 Å². The Morgan fingerprint density at radius 3 is 2.50 bits per heavy atom. The van der Waals surface area contributed by atoms with Crippen molar-refractivity contribution in [1.29, 1.82) is 0 Å². The largest absolute Gasteiger partial charge is 0.246 e. The molecule has 0 spiro atoms. The van der Waals surface area contributed by atoms with Gasteiger partial charge in [0.1, 0.15) is 4.60 Å². The van der Waals surface area contributed by atoms with Crippen LogP contribution in [-0.2, 0) is 0 Å². The zero-order chi connectivity index (χ0) is 8.97. The van der Waals surface area contributed by atoms with Gasteiger partial charge >= 0.3 is 0 Å². The van der Waals surface area contributed by atoms with Gasteiger partial charge in [-0.05, 0) is 40.9 Å². The Morgan fingerprint density at radius 2 is 2.00 bits per heavy atom. The van der Waals surface area contributed by atoms with Crippen molar-refractivity contribution in [2.24, 2.45) is 0 Å². The fourth-order valence-electron chi connectivity index (χ4n) is 1.36. The van der Waals surface area contributed by atoms with Gasteiger partial charge in [0.15, 0.2) is 0 Å². The van der Waals surface area contributed by atoms with E-state index in [2.05, 4.69) is 40.8 Å². The fraction of sp³-hybridized carbons (Fsp3) is 0.500. The molecule has 0 amide bonds. The van der Waals surface area contributed by atoms with E-state index in [-0.39, 0.29) is 0 Å². The number of halogens is 1. The molecule has 0 aliphatic heterocycles. The Kier molecular flexibility index (Phi) is 3.73. The highest BCUT2D eigenvalue weighted by molar-refractivity contribution is 9.10. The van der Waals surface area contributed by atoms with Crippen molar-refractivity contribution in [3.63, 3.8) is 0 Å². The Morgan fingerprint density at radius 1 is 1.33 bits per heavy atom. The van der Waals surface area contributed by atoms with Gasteiger partial charge in [-0.25, -0.2) is 4.98 Å². The molecular weight excluding hydrogens is 214 g/mol. The first kappa shape index (κ1) is 9.72. The second-order valence-corrected chi connectivity index (χ2v) is 3.71.